The van der Waals surface area contributed by atoms with E-state index >= 15 is 0 Å². The lowest BCUT2D eigenvalue weighted by molar-refractivity contribution is 0.590. The molecule has 0 atom stereocenters. The van der Waals surface area contributed by atoms with Crippen LogP contribution in [-0.2, 0) is 5.41 Å². The molecule has 0 bridgehead atoms. The summed E-state index contributed by atoms with van der Waals surface area (Å²) in [5, 5.41) is 2.23. The maximum atomic E-state index is 6.52. The van der Waals surface area contributed by atoms with E-state index in [4.69, 9.17) is 14.4 Å². The molecule has 226 valence electrons. The Hall–Kier alpha value is -5.80. The number of benzene rings is 6. The van der Waals surface area contributed by atoms with E-state index < -0.39 is 0 Å². The third-order valence-corrected chi connectivity index (χ3v) is 8.83. The summed E-state index contributed by atoms with van der Waals surface area (Å²) in [4.78, 5) is 10.2. The van der Waals surface area contributed by atoms with E-state index in [1.165, 1.54) is 5.56 Å². The van der Waals surface area contributed by atoms with Crippen molar-refractivity contribution < 1.29 is 4.42 Å². The van der Waals surface area contributed by atoms with E-state index in [1.54, 1.807) is 0 Å². The van der Waals surface area contributed by atoms with E-state index in [9.17, 15) is 0 Å². The third-order valence-electron chi connectivity index (χ3n) is 8.83. The first-order chi connectivity index (χ1) is 22.9. The predicted octanol–water partition coefficient (Wildman–Crippen LogP) is 12.0. The van der Waals surface area contributed by atoms with Crippen LogP contribution in [0, 0.1) is 0 Å². The number of fused-ring (bicyclic) bond motifs is 3. The number of hydrogen-bond donors (Lipinski definition) is 0. The number of hydrogen-bond acceptors (Lipinski definition) is 3. The molecule has 0 fully saturated rings. The van der Waals surface area contributed by atoms with Gasteiger partial charge in [-0.15, -0.1) is 0 Å². The quantitative estimate of drug-likeness (QED) is 0.196. The van der Waals surface area contributed by atoms with Crippen molar-refractivity contribution >= 4 is 21.9 Å². The summed E-state index contributed by atoms with van der Waals surface area (Å²) in [6.07, 6.45) is 0. The molecule has 8 aromatic rings. The Bertz CT molecular complexity index is 2320. The summed E-state index contributed by atoms with van der Waals surface area (Å²) in [5.74, 6) is 0.697. The summed E-state index contributed by atoms with van der Waals surface area (Å²) < 4.78 is 6.52. The summed E-state index contributed by atoms with van der Waals surface area (Å²) >= 11 is 0. The molecule has 0 saturated heterocycles. The maximum Gasteiger partial charge on any atom is 0.160 e. The van der Waals surface area contributed by atoms with Crippen molar-refractivity contribution in [2.24, 2.45) is 0 Å². The molecule has 2 aromatic heterocycles. The van der Waals surface area contributed by atoms with E-state index in [0.29, 0.717) is 5.82 Å². The van der Waals surface area contributed by atoms with Crippen molar-refractivity contribution in [2.75, 3.05) is 0 Å². The molecule has 0 aliphatic rings. The van der Waals surface area contributed by atoms with Gasteiger partial charge in [0.15, 0.2) is 5.82 Å². The van der Waals surface area contributed by atoms with E-state index in [1.807, 2.05) is 48.5 Å². The van der Waals surface area contributed by atoms with Crippen LogP contribution < -0.4 is 0 Å². The lowest BCUT2D eigenvalue weighted by Crippen LogP contribution is -2.10. The number of aromatic nitrogens is 2. The van der Waals surface area contributed by atoms with Gasteiger partial charge in [0.05, 0.1) is 11.4 Å². The zero-order valence-corrected chi connectivity index (χ0v) is 26.7. The smallest absolute Gasteiger partial charge is 0.160 e. The van der Waals surface area contributed by atoms with Crippen LogP contribution in [0.15, 0.2) is 156 Å². The molecule has 0 aliphatic carbocycles. The highest BCUT2D eigenvalue weighted by Gasteiger charge is 2.18. The molecule has 8 rings (SSSR count). The molecule has 6 aromatic carbocycles. The Morgan fingerprint density at radius 2 is 1.04 bits per heavy atom. The molecule has 0 radical (unpaired) electrons. The molecule has 2 heterocycles. The summed E-state index contributed by atoms with van der Waals surface area (Å²) in [6, 6.07) is 53.0. The van der Waals surface area contributed by atoms with Crippen molar-refractivity contribution in [1.82, 2.24) is 9.97 Å². The standard InChI is InChI=1S/C44H34N2O/c1-44(2,3)35-19-12-18-31(27-35)32-24-33(36-21-13-22-38-37-20-10-11-23-41(37)47-42(36)38)26-34(25-32)40-28-39(29-14-6-4-7-15-29)45-43(46-40)30-16-8-5-9-17-30/h4-28H,1-3H3. The zero-order chi connectivity index (χ0) is 32.0. The Morgan fingerprint density at radius 1 is 0.447 bits per heavy atom. The third kappa shape index (κ3) is 5.51. The minimum atomic E-state index is 0.0259. The topological polar surface area (TPSA) is 38.9 Å². The van der Waals surface area contributed by atoms with Crippen molar-refractivity contribution in [3.8, 4) is 56.2 Å². The second kappa shape index (κ2) is 11.5. The maximum absolute atomic E-state index is 6.52. The van der Waals surface area contributed by atoms with Crippen LogP contribution in [0.25, 0.3) is 78.1 Å². The minimum absolute atomic E-state index is 0.0259. The zero-order valence-electron chi connectivity index (χ0n) is 26.7. The van der Waals surface area contributed by atoms with E-state index in [2.05, 4.69) is 124 Å². The Kier molecular flexibility index (Phi) is 7.03. The molecule has 0 aliphatic heterocycles. The van der Waals surface area contributed by atoms with Crippen LogP contribution in [0.1, 0.15) is 26.3 Å². The van der Waals surface area contributed by atoms with Gasteiger partial charge in [-0.25, -0.2) is 9.97 Å². The summed E-state index contributed by atoms with van der Waals surface area (Å²) in [6.45, 7) is 6.77. The van der Waals surface area contributed by atoms with Crippen molar-refractivity contribution in [1.29, 1.82) is 0 Å². The van der Waals surface area contributed by atoms with Gasteiger partial charge in [0, 0.05) is 33.0 Å². The second-order valence-corrected chi connectivity index (χ2v) is 13.1. The van der Waals surface area contributed by atoms with Gasteiger partial charge >= 0.3 is 0 Å². The second-order valence-electron chi connectivity index (χ2n) is 13.1. The fraction of sp³-hybridized carbons (Fsp3) is 0.0909. The highest BCUT2D eigenvalue weighted by Crippen LogP contribution is 2.40. The first-order valence-corrected chi connectivity index (χ1v) is 16.1. The number of rotatable bonds is 5. The molecule has 0 N–H and O–H groups in total. The van der Waals surface area contributed by atoms with Crippen LogP contribution in [0.2, 0.25) is 0 Å². The highest BCUT2D eigenvalue weighted by molar-refractivity contribution is 6.09. The van der Waals surface area contributed by atoms with E-state index in [-0.39, 0.29) is 5.41 Å². The molecule has 47 heavy (non-hydrogen) atoms. The average Bonchev–Trinajstić information content (AvgIpc) is 3.51. The fourth-order valence-corrected chi connectivity index (χ4v) is 6.31. The summed E-state index contributed by atoms with van der Waals surface area (Å²) in [5.41, 5.74) is 12.3. The molecule has 3 nitrogen and oxygen atoms in total. The monoisotopic (exact) mass is 606 g/mol. The van der Waals surface area contributed by atoms with Crippen LogP contribution in [0.4, 0.5) is 0 Å². The molecule has 0 saturated carbocycles. The van der Waals surface area contributed by atoms with Crippen molar-refractivity contribution in [3.05, 3.63) is 157 Å². The molecule has 0 unspecified atom stereocenters. The number of nitrogens with zero attached hydrogens (tertiary/aromatic N) is 2. The van der Waals surface area contributed by atoms with Gasteiger partial charge in [0.25, 0.3) is 0 Å². The van der Waals surface area contributed by atoms with Gasteiger partial charge in [0.1, 0.15) is 11.2 Å². The molecule has 3 heteroatoms. The van der Waals surface area contributed by atoms with Gasteiger partial charge in [-0.2, -0.15) is 0 Å². The first kappa shape index (κ1) is 28.7. The molecule has 0 spiro atoms. The van der Waals surface area contributed by atoms with Gasteiger partial charge in [-0.05, 0) is 58.0 Å². The largest absolute Gasteiger partial charge is 0.455 e. The van der Waals surface area contributed by atoms with Crippen LogP contribution in [-0.4, -0.2) is 9.97 Å². The number of para-hydroxylation sites is 2. The first-order valence-electron chi connectivity index (χ1n) is 16.1. The van der Waals surface area contributed by atoms with Gasteiger partial charge in [0.2, 0.25) is 0 Å². The lowest BCUT2D eigenvalue weighted by Gasteiger charge is -2.20. The lowest BCUT2D eigenvalue weighted by atomic mass is 9.85. The van der Waals surface area contributed by atoms with Crippen molar-refractivity contribution in [2.45, 2.75) is 26.2 Å². The summed E-state index contributed by atoms with van der Waals surface area (Å²) in [7, 11) is 0. The molecule has 0 amide bonds. The van der Waals surface area contributed by atoms with Gasteiger partial charge in [-0.1, -0.05) is 142 Å². The van der Waals surface area contributed by atoms with Crippen molar-refractivity contribution in [3.63, 3.8) is 0 Å². The Balaban J connectivity index is 1.39. The van der Waals surface area contributed by atoms with E-state index in [0.717, 1.165) is 72.3 Å². The van der Waals surface area contributed by atoms with Crippen LogP contribution >= 0.6 is 0 Å². The predicted molar refractivity (Wildman–Crippen MR) is 195 cm³/mol. The average molecular weight is 607 g/mol. The van der Waals surface area contributed by atoms with Crippen LogP contribution in [0.3, 0.4) is 0 Å². The Morgan fingerprint density at radius 3 is 1.81 bits per heavy atom. The fourth-order valence-electron chi connectivity index (χ4n) is 6.31. The highest BCUT2D eigenvalue weighted by atomic mass is 16.3. The normalized spacial score (nSPS) is 11.7. The van der Waals surface area contributed by atoms with Gasteiger partial charge < -0.3 is 4.42 Å². The van der Waals surface area contributed by atoms with Crippen LogP contribution in [0.5, 0.6) is 0 Å². The SMILES string of the molecule is CC(C)(C)c1cccc(-c2cc(-c3cc(-c4ccccc4)nc(-c4ccccc4)n3)cc(-c3cccc4c3oc3ccccc34)c2)c1. The molecular weight excluding hydrogens is 572 g/mol. The van der Waals surface area contributed by atoms with Gasteiger partial charge in [-0.3, -0.25) is 0 Å². The minimum Gasteiger partial charge on any atom is -0.455 e. The Labute approximate surface area is 275 Å². The number of furan rings is 1. The molecular formula is C44H34N2O.